The van der Waals surface area contributed by atoms with Crippen molar-refractivity contribution in [2.24, 2.45) is 0 Å². The molecule has 1 aromatic heterocycles. The summed E-state index contributed by atoms with van der Waals surface area (Å²) in [6, 6.07) is 3.39. The topological polar surface area (TPSA) is 64.1 Å². The predicted molar refractivity (Wildman–Crippen MR) is 64.1 cm³/mol. The number of aromatic nitrogens is 2. The van der Waals surface area contributed by atoms with E-state index in [0.717, 1.165) is 12.1 Å². The summed E-state index contributed by atoms with van der Waals surface area (Å²) in [7, 11) is 1.33. The maximum absolute atomic E-state index is 13.7. The maximum Gasteiger partial charge on any atom is 0.334 e. The molecule has 100 valence electrons. The molecule has 0 aliphatic carbocycles. The number of nitrogens with one attached hydrogen (secondary N) is 1. The van der Waals surface area contributed by atoms with Gasteiger partial charge in [0, 0.05) is 6.07 Å². The molecule has 0 bridgehead atoms. The number of benzene rings is 1. The second kappa shape index (κ2) is 4.85. The second-order valence-corrected chi connectivity index (χ2v) is 3.89. The van der Waals surface area contributed by atoms with Crippen molar-refractivity contribution < 1.29 is 13.5 Å². The van der Waals surface area contributed by atoms with Crippen LogP contribution < -0.4 is 16.0 Å². The molecular weight excluding hydrogens is 282 g/mol. The van der Waals surface area contributed by atoms with E-state index in [0.29, 0.717) is 4.57 Å². The van der Waals surface area contributed by atoms with Crippen LogP contribution in [-0.2, 0) is 0 Å². The molecule has 0 radical (unpaired) electrons. The van der Waals surface area contributed by atoms with Crippen LogP contribution in [0.5, 0.6) is 5.75 Å². The van der Waals surface area contributed by atoms with Gasteiger partial charge in [0.25, 0.3) is 5.56 Å². The van der Waals surface area contributed by atoms with Gasteiger partial charge in [0.1, 0.15) is 11.6 Å². The summed E-state index contributed by atoms with van der Waals surface area (Å²) < 4.78 is 32.2. The van der Waals surface area contributed by atoms with E-state index in [1.807, 2.05) is 4.98 Å². The zero-order valence-electron chi connectivity index (χ0n) is 9.54. The SMILES string of the molecule is COc1ccc(F)c(-n2c(=O)[nH]c(Cl)c(F)c2=O)c1. The molecule has 2 aromatic rings. The number of aromatic amines is 1. The van der Waals surface area contributed by atoms with E-state index < -0.39 is 33.7 Å². The Kier molecular flexibility index (Phi) is 3.39. The first-order chi connectivity index (χ1) is 8.95. The van der Waals surface area contributed by atoms with E-state index in [1.165, 1.54) is 13.2 Å². The highest BCUT2D eigenvalue weighted by Gasteiger charge is 2.17. The Labute approximate surface area is 110 Å². The van der Waals surface area contributed by atoms with Gasteiger partial charge in [-0.25, -0.2) is 13.8 Å². The van der Waals surface area contributed by atoms with Crippen LogP contribution in [0.1, 0.15) is 0 Å². The zero-order valence-corrected chi connectivity index (χ0v) is 10.3. The van der Waals surface area contributed by atoms with Crippen LogP contribution in [0.4, 0.5) is 8.78 Å². The number of nitrogens with zero attached hydrogens (tertiary/aromatic N) is 1. The molecule has 0 saturated heterocycles. The van der Waals surface area contributed by atoms with Crippen LogP contribution in [0.3, 0.4) is 0 Å². The molecule has 5 nitrogen and oxygen atoms in total. The van der Waals surface area contributed by atoms with Crippen molar-refractivity contribution in [1.29, 1.82) is 0 Å². The molecule has 0 aliphatic heterocycles. The van der Waals surface area contributed by atoms with Gasteiger partial charge >= 0.3 is 5.69 Å². The fourth-order valence-electron chi connectivity index (χ4n) is 1.50. The molecule has 1 aromatic carbocycles. The summed E-state index contributed by atoms with van der Waals surface area (Å²) in [5.74, 6) is -2.04. The molecule has 19 heavy (non-hydrogen) atoms. The van der Waals surface area contributed by atoms with Gasteiger partial charge in [0.15, 0.2) is 5.15 Å². The van der Waals surface area contributed by atoms with E-state index in [9.17, 15) is 18.4 Å². The fraction of sp³-hybridized carbons (Fsp3) is 0.0909. The van der Waals surface area contributed by atoms with Gasteiger partial charge in [-0.05, 0) is 12.1 Å². The molecule has 1 N–H and O–H groups in total. The molecule has 0 aliphatic rings. The van der Waals surface area contributed by atoms with Gasteiger partial charge in [-0.3, -0.25) is 9.78 Å². The summed E-state index contributed by atoms with van der Waals surface area (Å²) in [5, 5.41) is -0.727. The maximum atomic E-state index is 13.7. The standard InChI is InChI=1S/C11H7ClF2N2O3/c1-19-5-2-3-6(13)7(4-5)16-10(17)8(14)9(12)15-11(16)18/h2-4H,1H3,(H,15,18). The van der Waals surface area contributed by atoms with Crippen molar-refractivity contribution in [3.05, 3.63) is 55.8 Å². The van der Waals surface area contributed by atoms with Gasteiger partial charge in [0.2, 0.25) is 5.82 Å². The summed E-state index contributed by atoms with van der Waals surface area (Å²) >= 11 is 5.31. The lowest BCUT2D eigenvalue weighted by Crippen LogP contribution is -2.36. The van der Waals surface area contributed by atoms with Crippen molar-refractivity contribution in [2.45, 2.75) is 0 Å². The lowest BCUT2D eigenvalue weighted by atomic mass is 10.3. The summed E-state index contributed by atoms with van der Waals surface area (Å²) in [4.78, 5) is 25.2. The van der Waals surface area contributed by atoms with Gasteiger partial charge in [-0.15, -0.1) is 0 Å². The van der Waals surface area contributed by atoms with Crippen LogP contribution in [0.2, 0.25) is 5.15 Å². The smallest absolute Gasteiger partial charge is 0.334 e. The number of hydrogen-bond acceptors (Lipinski definition) is 3. The van der Waals surface area contributed by atoms with E-state index in [1.54, 1.807) is 0 Å². The highest BCUT2D eigenvalue weighted by Crippen LogP contribution is 2.18. The number of hydrogen-bond donors (Lipinski definition) is 1. The Bertz CT molecular complexity index is 755. The van der Waals surface area contributed by atoms with E-state index >= 15 is 0 Å². The first-order valence-electron chi connectivity index (χ1n) is 5.00. The molecule has 8 heteroatoms. The summed E-state index contributed by atoms with van der Waals surface area (Å²) in [6.45, 7) is 0. The number of rotatable bonds is 2. The average Bonchev–Trinajstić information content (AvgIpc) is 2.38. The molecule has 0 atom stereocenters. The Hall–Kier alpha value is -2.15. The van der Waals surface area contributed by atoms with Crippen molar-refractivity contribution >= 4 is 11.6 Å². The van der Waals surface area contributed by atoms with E-state index in [-0.39, 0.29) is 5.75 Å². The normalized spacial score (nSPS) is 10.5. The molecule has 0 fully saturated rings. The highest BCUT2D eigenvalue weighted by atomic mass is 35.5. The van der Waals surface area contributed by atoms with Crippen molar-refractivity contribution in [3.63, 3.8) is 0 Å². The molecule has 0 unspecified atom stereocenters. The van der Waals surface area contributed by atoms with Crippen LogP contribution in [0, 0.1) is 11.6 Å². The van der Waals surface area contributed by atoms with Crippen LogP contribution in [0.15, 0.2) is 27.8 Å². The first-order valence-corrected chi connectivity index (χ1v) is 5.37. The summed E-state index contributed by atoms with van der Waals surface area (Å²) in [5.41, 5.74) is -2.83. The minimum atomic E-state index is -1.37. The Morgan fingerprint density at radius 1 is 1.32 bits per heavy atom. The van der Waals surface area contributed by atoms with E-state index in [2.05, 4.69) is 0 Å². The summed E-state index contributed by atoms with van der Waals surface area (Å²) in [6.07, 6.45) is 0. The lowest BCUT2D eigenvalue weighted by Gasteiger charge is -2.08. The Balaban J connectivity index is 2.83. The van der Waals surface area contributed by atoms with Crippen LogP contribution in [0.25, 0.3) is 5.69 Å². The zero-order chi connectivity index (χ0) is 14.2. The number of H-pyrrole nitrogens is 1. The minimum absolute atomic E-state index is 0.207. The molecule has 2 rings (SSSR count). The van der Waals surface area contributed by atoms with E-state index in [4.69, 9.17) is 16.3 Å². The lowest BCUT2D eigenvalue weighted by molar-refractivity contribution is 0.413. The molecule has 0 amide bonds. The van der Waals surface area contributed by atoms with Gasteiger partial charge in [-0.2, -0.15) is 4.39 Å². The molecular formula is C11H7ClF2N2O3. The number of methoxy groups -OCH3 is 1. The van der Waals surface area contributed by atoms with Crippen molar-refractivity contribution in [2.75, 3.05) is 7.11 Å². The third-order valence-corrected chi connectivity index (χ3v) is 2.66. The van der Waals surface area contributed by atoms with Crippen LogP contribution in [-0.4, -0.2) is 16.7 Å². The Morgan fingerprint density at radius 2 is 2.00 bits per heavy atom. The minimum Gasteiger partial charge on any atom is -0.497 e. The Morgan fingerprint density at radius 3 is 2.63 bits per heavy atom. The van der Waals surface area contributed by atoms with Gasteiger partial charge < -0.3 is 4.74 Å². The predicted octanol–water partition coefficient (Wildman–Crippen LogP) is 1.47. The molecule has 0 spiro atoms. The molecule has 0 saturated carbocycles. The highest BCUT2D eigenvalue weighted by molar-refractivity contribution is 6.29. The van der Waals surface area contributed by atoms with Crippen LogP contribution >= 0.6 is 11.6 Å². The van der Waals surface area contributed by atoms with Gasteiger partial charge in [-0.1, -0.05) is 11.6 Å². The average molecular weight is 289 g/mol. The number of halogens is 3. The largest absolute Gasteiger partial charge is 0.497 e. The van der Waals surface area contributed by atoms with Crippen molar-refractivity contribution in [1.82, 2.24) is 9.55 Å². The quantitative estimate of drug-likeness (QED) is 0.851. The third-order valence-electron chi connectivity index (χ3n) is 2.40. The fourth-order valence-corrected chi connectivity index (χ4v) is 1.66. The number of ether oxygens (including phenoxy) is 1. The first kappa shape index (κ1) is 13.3. The molecule has 1 heterocycles. The monoisotopic (exact) mass is 288 g/mol. The van der Waals surface area contributed by atoms with Crippen molar-refractivity contribution in [3.8, 4) is 11.4 Å². The third kappa shape index (κ3) is 2.24. The van der Waals surface area contributed by atoms with Gasteiger partial charge in [0.05, 0.1) is 12.8 Å². The second-order valence-electron chi connectivity index (χ2n) is 3.52.